The molecule has 1 saturated carbocycles. The Kier molecular flexibility index (Phi) is 7.04. The van der Waals surface area contributed by atoms with Crippen LogP contribution < -0.4 is 0 Å². The highest BCUT2D eigenvalue weighted by Crippen LogP contribution is 2.60. The van der Waals surface area contributed by atoms with Crippen molar-refractivity contribution < 1.29 is 13.9 Å². The van der Waals surface area contributed by atoms with E-state index in [0.29, 0.717) is 18.3 Å². The summed E-state index contributed by atoms with van der Waals surface area (Å²) in [6.45, 7) is 24.5. The van der Waals surface area contributed by atoms with E-state index in [2.05, 4.69) is 68.1 Å². The lowest BCUT2D eigenvalue weighted by atomic mass is 9.66. The fraction of sp³-hybridized carbons (Fsp3) is 0.760. The van der Waals surface area contributed by atoms with Gasteiger partial charge in [-0.25, -0.2) is 0 Å². The standard InChI is InChI=1S/C25H44O3Si/c1-18(2)13-15-24(8)16-14-21(19(3)4)25(24,26)22-12-11-20(28-22)17-27-29(9,10)23(5,6)7/h11-12,19,21,26H,1,13-17H2,2-10H3. The van der Waals surface area contributed by atoms with Gasteiger partial charge in [0.25, 0.3) is 0 Å². The maximum Gasteiger partial charge on any atom is 0.192 e. The molecule has 0 radical (unpaired) electrons. The minimum Gasteiger partial charge on any atom is -0.461 e. The van der Waals surface area contributed by atoms with Gasteiger partial charge in [-0.15, -0.1) is 6.58 Å². The number of allylic oxidation sites excluding steroid dienone is 1. The van der Waals surface area contributed by atoms with Gasteiger partial charge >= 0.3 is 0 Å². The largest absolute Gasteiger partial charge is 0.461 e. The van der Waals surface area contributed by atoms with Crippen LogP contribution >= 0.6 is 0 Å². The van der Waals surface area contributed by atoms with Gasteiger partial charge in [-0.3, -0.25) is 0 Å². The third kappa shape index (κ3) is 4.75. The van der Waals surface area contributed by atoms with E-state index in [1.807, 2.05) is 12.1 Å². The second-order valence-electron chi connectivity index (χ2n) is 11.5. The first-order valence-corrected chi connectivity index (χ1v) is 14.1. The summed E-state index contributed by atoms with van der Waals surface area (Å²) in [5, 5.41) is 12.3. The zero-order valence-electron chi connectivity index (χ0n) is 20.3. The lowest BCUT2D eigenvalue weighted by Crippen LogP contribution is -2.45. The van der Waals surface area contributed by atoms with E-state index in [-0.39, 0.29) is 16.4 Å². The summed E-state index contributed by atoms with van der Waals surface area (Å²) in [7, 11) is -1.85. The molecule has 166 valence electrons. The Balaban J connectivity index is 2.30. The molecule has 1 heterocycles. The Morgan fingerprint density at radius 3 is 2.48 bits per heavy atom. The Labute approximate surface area is 180 Å². The molecule has 2 rings (SSSR count). The van der Waals surface area contributed by atoms with E-state index in [0.717, 1.165) is 31.4 Å². The molecule has 0 bridgehead atoms. The van der Waals surface area contributed by atoms with Crippen LogP contribution in [0.15, 0.2) is 28.7 Å². The summed E-state index contributed by atoms with van der Waals surface area (Å²) in [5.74, 6) is 2.11. The molecule has 1 N–H and O–H groups in total. The molecule has 0 spiro atoms. The first-order valence-electron chi connectivity index (χ1n) is 11.2. The monoisotopic (exact) mass is 420 g/mol. The van der Waals surface area contributed by atoms with Gasteiger partial charge in [-0.1, -0.05) is 47.1 Å². The lowest BCUT2D eigenvalue weighted by Gasteiger charge is -2.43. The fourth-order valence-corrected chi connectivity index (χ4v) is 5.49. The molecule has 0 saturated heterocycles. The summed E-state index contributed by atoms with van der Waals surface area (Å²) in [4.78, 5) is 0. The molecule has 1 aliphatic rings. The lowest BCUT2D eigenvalue weighted by molar-refractivity contribution is -0.121. The fourth-order valence-electron chi connectivity index (χ4n) is 4.55. The summed E-state index contributed by atoms with van der Waals surface area (Å²) in [5.41, 5.74) is 0.00627. The maximum absolute atomic E-state index is 12.1. The van der Waals surface area contributed by atoms with Crippen molar-refractivity contribution >= 4 is 8.32 Å². The molecule has 1 fully saturated rings. The van der Waals surface area contributed by atoms with E-state index < -0.39 is 13.9 Å². The van der Waals surface area contributed by atoms with Gasteiger partial charge in [0.2, 0.25) is 0 Å². The molecule has 1 aromatic rings. The van der Waals surface area contributed by atoms with Crippen LogP contribution in [-0.2, 0) is 16.6 Å². The smallest absolute Gasteiger partial charge is 0.192 e. The minimum absolute atomic E-state index is 0.163. The normalized spacial score (nSPS) is 28.3. The first kappa shape index (κ1) is 24.4. The zero-order chi connectivity index (χ0) is 22.3. The molecule has 1 aromatic heterocycles. The molecular weight excluding hydrogens is 376 g/mol. The van der Waals surface area contributed by atoms with Crippen molar-refractivity contribution in [1.29, 1.82) is 0 Å². The summed E-state index contributed by atoms with van der Waals surface area (Å²) in [6.07, 6.45) is 3.90. The highest BCUT2D eigenvalue weighted by Gasteiger charge is 2.59. The quantitative estimate of drug-likeness (QED) is 0.351. The van der Waals surface area contributed by atoms with Crippen LogP contribution in [0.25, 0.3) is 0 Å². The van der Waals surface area contributed by atoms with Crippen LogP contribution in [0.4, 0.5) is 0 Å². The van der Waals surface area contributed by atoms with E-state index in [4.69, 9.17) is 8.84 Å². The Bertz CT molecular complexity index is 712. The maximum atomic E-state index is 12.1. The van der Waals surface area contributed by atoms with Gasteiger partial charge in [-0.05, 0) is 74.7 Å². The van der Waals surface area contributed by atoms with Crippen molar-refractivity contribution in [1.82, 2.24) is 0 Å². The number of rotatable bonds is 8. The second kappa shape index (κ2) is 8.36. The highest BCUT2D eigenvalue weighted by molar-refractivity contribution is 6.74. The summed E-state index contributed by atoms with van der Waals surface area (Å²) in [6, 6.07) is 3.99. The Morgan fingerprint density at radius 1 is 1.34 bits per heavy atom. The van der Waals surface area contributed by atoms with Gasteiger partial charge in [0.15, 0.2) is 8.32 Å². The van der Waals surface area contributed by atoms with Gasteiger partial charge in [0, 0.05) is 5.41 Å². The Hall–Kier alpha value is -0.843. The topological polar surface area (TPSA) is 42.6 Å². The molecule has 0 aromatic carbocycles. The molecule has 4 heteroatoms. The number of furan rings is 1. The summed E-state index contributed by atoms with van der Waals surface area (Å²) < 4.78 is 12.6. The average Bonchev–Trinajstić information content (AvgIpc) is 3.15. The molecule has 1 aliphatic carbocycles. The van der Waals surface area contributed by atoms with Gasteiger partial charge in [0.05, 0.1) is 6.61 Å². The van der Waals surface area contributed by atoms with Gasteiger partial charge < -0.3 is 13.9 Å². The number of aliphatic hydroxyl groups is 1. The van der Waals surface area contributed by atoms with Crippen LogP contribution in [0.5, 0.6) is 0 Å². The third-order valence-corrected chi connectivity index (χ3v) is 12.3. The molecule has 3 nitrogen and oxygen atoms in total. The molecule has 0 aliphatic heterocycles. The van der Waals surface area contributed by atoms with Crippen LogP contribution in [0.3, 0.4) is 0 Å². The Morgan fingerprint density at radius 2 is 1.97 bits per heavy atom. The van der Waals surface area contributed by atoms with Crippen LogP contribution in [0, 0.1) is 17.3 Å². The van der Waals surface area contributed by atoms with E-state index >= 15 is 0 Å². The van der Waals surface area contributed by atoms with Crippen molar-refractivity contribution in [2.75, 3.05) is 0 Å². The van der Waals surface area contributed by atoms with Gasteiger partial charge in [0.1, 0.15) is 17.1 Å². The molecule has 29 heavy (non-hydrogen) atoms. The van der Waals surface area contributed by atoms with E-state index in [1.54, 1.807) is 0 Å². The van der Waals surface area contributed by atoms with Crippen molar-refractivity contribution in [3.05, 3.63) is 35.8 Å². The average molecular weight is 421 g/mol. The van der Waals surface area contributed by atoms with Gasteiger partial charge in [-0.2, -0.15) is 0 Å². The number of hydrogen-bond donors (Lipinski definition) is 1. The molecule has 0 amide bonds. The van der Waals surface area contributed by atoms with Crippen molar-refractivity contribution in [2.24, 2.45) is 17.3 Å². The van der Waals surface area contributed by atoms with E-state index in [1.165, 1.54) is 5.57 Å². The minimum atomic E-state index is -1.85. The molecular formula is C25H44O3Si. The highest BCUT2D eigenvalue weighted by atomic mass is 28.4. The van der Waals surface area contributed by atoms with E-state index in [9.17, 15) is 5.11 Å². The van der Waals surface area contributed by atoms with Crippen LogP contribution in [0.2, 0.25) is 18.1 Å². The predicted octanol–water partition coefficient (Wildman–Crippen LogP) is 7.42. The number of hydrogen-bond acceptors (Lipinski definition) is 3. The second-order valence-corrected chi connectivity index (χ2v) is 16.3. The SMILES string of the molecule is C=C(C)CCC1(C)CCC(C(C)C)C1(O)c1ccc(CO[Si](C)(C)C(C)(C)C)o1. The van der Waals surface area contributed by atoms with Crippen LogP contribution in [0.1, 0.15) is 85.7 Å². The zero-order valence-corrected chi connectivity index (χ0v) is 21.3. The molecule has 3 unspecified atom stereocenters. The third-order valence-electron chi connectivity index (χ3n) is 7.79. The van der Waals surface area contributed by atoms with Crippen molar-refractivity contribution in [3.63, 3.8) is 0 Å². The first-order chi connectivity index (χ1) is 13.1. The van der Waals surface area contributed by atoms with Crippen molar-refractivity contribution in [3.8, 4) is 0 Å². The predicted molar refractivity (Wildman–Crippen MR) is 124 cm³/mol. The van der Waals surface area contributed by atoms with Crippen molar-refractivity contribution in [2.45, 2.75) is 104 Å². The molecule has 3 atom stereocenters. The summed E-state index contributed by atoms with van der Waals surface area (Å²) >= 11 is 0. The van der Waals surface area contributed by atoms with Crippen LogP contribution in [-0.4, -0.2) is 13.4 Å².